The van der Waals surface area contributed by atoms with Crippen molar-refractivity contribution in [3.8, 4) is 0 Å². The van der Waals surface area contributed by atoms with Gasteiger partial charge in [-0.25, -0.2) is 0 Å². The molecule has 7 rings (SSSR count). The van der Waals surface area contributed by atoms with E-state index in [4.69, 9.17) is 5.73 Å². The van der Waals surface area contributed by atoms with Gasteiger partial charge in [0, 0.05) is 76.1 Å². The first-order chi connectivity index (χ1) is 28.4. The molecular formula is C42H53N11O6. The summed E-state index contributed by atoms with van der Waals surface area (Å²) in [6.45, 7) is 7.56. The molecule has 2 atom stereocenters. The van der Waals surface area contributed by atoms with E-state index in [2.05, 4.69) is 53.1 Å². The highest BCUT2D eigenvalue weighted by Crippen LogP contribution is 2.32. The molecule has 5 amide bonds. The minimum atomic E-state index is -0.762. The Balaban J connectivity index is 0.881. The minimum absolute atomic E-state index is 0.0169. The number of rotatable bonds is 12. The number of nitrogens with two attached hydrogens (primary N) is 1. The Hall–Kier alpha value is -5.97. The van der Waals surface area contributed by atoms with E-state index in [-0.39, 0.29) is 53.3 Å². The summed E-state index contributed by atoms with van der Waals surface area (Å²) in [5.41, 5.74) is 9.02. The van der Waals surface area contributed by atoms with Gasteiger partial charge in [0.05, 0.1) is 5.56 Å². The summed E-state index contributed by atoms with van der Waals surface area (Å²) in [4.78, 5) is 85.9. The van der Waals surface area contributed by atoms with Crippen LogP contribution in [0.25, 0.3) is 0 Å². The third-order valence-corrected chi connectivity index (χ3v) is 12.1. The van der Waals surface area contributed by atoms with Crippen LogP contribution in [0.5, 0.6) is 0 Å². The fourth-order valence-electron chi connectivity index (χ4n) is 8.85. The molecule has 2 aromatic carbocycles. The van der Waals surface area contributed by atoms with Crippen LogP contribution in [0.3, 0.4) is 0 Å². The smallest absolute Gasteiger partial charge is 0.273 e. The zero-order valence-corrected chi connectivity index (χ0v) is 33.7. The molecular weight excluding hydrogens is 755 g/mol. The van der Waals surface area contributed by atoms with Gasteiger partial charge in [0.1, 0.15) is 6.04 Å². The number of likely N-dealkylation sites (N-methyl/N-ethyl adjacent to an activating group) is 1. The van der Waals surface area contributed by atoms with Gasteiger partial charge in [0.15, 0.2) is 17.8 Å². The number of amides is 5. The van der Waals surface area contributed by atoms with Crippen molar-refractivity contribution in [2.45, 2.75) is 76.3 Å². The molecule has 4 saturated heterocycles. The third kappa shape index (κ3) is 9.84. The number of primary amides is 1. The van der Waals surface area contributed by atoms with Crippen LogP contribution in [0.4, 0.5) is 23.1 Å². The molecule has 0 bridgehead atoms. The SMILES string of the molecule is CC(=O)N[C@@H]1CCCN(c2nnc(C(N)=O)c(Nc3ccc(C4CCN(CC5CCN(c6ccc(C(=O)N(C)C7CCC(=O)NC7=O)c(C=O)c6)CC5)CC4)cc3)n2)C1. The van der Waals surface area contributed by atoms with Gasteiger partial charge < -0.3 is 36.0 Å². The molecule has 4 aliphatic rings. The number of hydrogen-bond acceptors (Lipinski definition) is 13. The maximum absolute atomic E-state index is 13.3. The lowest BCUT2D eigenvalue weighted by Crippen LogP contribution is -2.53. The fourth-order valence-corrected chi connectivity index (χ4v) is 8.85. The van der Waals surface area contributed by atoms with Gasteiger partial charge in [-0.1, -0.05) is 12.1 Å². The molecule has 312 valence electrons. The topological polar surface area (TPSA) is 216 Å². The predicted molar refractivity (Wildman–Crippen MR) is 221 cm³/mol. The van der Waals surface area contributed by atoms with E-state index in [1.807, 2.05) is 23.1 Å². The molecule has 0 aliphatic carbocycles. The Labute approximate surface area is 343 Å². The fraction of sp³-hybridized carbons (Fsp3) is 0.500. The van der Waals surface area contributed by atoms with Crippen molar-refractivity contribution in [3.05, 3.63) is 64.8 Å². The number of aldehydes is 1. The van der Waals surface area contributed by atoms with Crippen LogP contribution in [0.2, 0.25) is 0 Å². The van der Waals surface area contributed by atoms with Crippen molar-refractivity contribution in [1.29, 1.82) is 0 Å². The van der Waals surface area contributed by atoms with Crippen molar-refractivity contribution < 1.29 is 28.8 Å². The van der Waals surface area contributed by atoms with Gasteiger partial charge in [-0.2, -0.15) is 4.98 Å². The molecule has 0 saturated carbocycles. The first-order valence-corrected chi connectivity index (χ1v) is 20.6. The van der Waals surface area contributed by atoms with Crippen LogP contribution < -0.4 is 31.5 Å². The Bertz CT molecular complexity index is 2060. The number of carbonyl (C=O) groups excluding carboxylic acids is 6. The largest absolute Gasteiger partial charge is 0.371 e. The van der Waals surface area contributed by atoms with Crippen molar-refractivity contribution in [2.24, 2.45) is 11.7 Å². The second-order valence-corrected chi connectivity index (χ2v) is 16.2. The third-order valence-electron chi connectivity index (χ3n) is 12.1. The van der Waals surface area contributed by atoms with Gasteiger partial charge in [0.25, 0.3) is 11.8 Å². The van der Waals surface area contributed by atoms with Crippen molar-refractivity contribution in [1.82, 2.24) is 35.6 Å². The van der Waals surface area contributed by atoms with Crippen molar-refractivity contribution in [3.63, 3.8) is 0 Å². The summed E-state index contributed by atoms with van der Waals surface area (Å²) >= 11 is 0. The van der Waals surface area contributed by atoms with Gasteiger partial charge >= 0.3 is 0 Å². The molecule has 5 N–H and O–H groups in total. The molecule has 0 spiro atoms. The van der Waals surface area contributed by atoms with Crippen LogP contribution in [-0.4, -0.2) is 126 Å². The van der Waals surface area contributed by atoms with E-state index in [0.29, 0.717) is 37.2 Å². The van der Waals surface area contributed by atoms with E-state index in [0.717, 1.165) is 82.6 Å². The minimum Gasteiger partial charge on any atom is -0.371 e. The molecule has 0 radical (unpaired) electrons. The summed E-state index contributed by atoms with van der Waals surface area (Å²) in [6, 6.07) is 12.7. The highest BCUT2D eigenvalue weighted by atomic mass is 16.2. The van der Waals surface area contributed by atoms with Gasteiger partial charge in [-0.3, -0.25) is 34.1 Å². The van der Waals surface area contributed by atoms with Crippen molar-refractivity contribution >= 4 is 59.0 Å². The lowest BCUT2D eigenvalue weighted by atomic mass is 9.88. The van der Waals surface area contributed by atoms with Gasteiger partial charge in [0.2, 0.25) is 23.7 Å². The Morgan fingerprint density at radius 2 is 1.68 bits per heavy atom. The molecule has 4 aliphatic heterocycles. The van der Waals surface area contributed by atoms with E-state index in [1.54, 1.807) is 12.1 Å². The number of anilines is 4. The Morgan fingerprint density at radius 1 is 0.932 bits per heavy atom. The molecule has 1 unspecified atom stereocenters. The zero-order valence-electron chi connectivity index (χ0n) is 33.7. The summed E-state index contributed by atoms with van der Waals surface area (Å²) in [7, 11) is 1.53. The molecule has 1 aromatic heterocycles. The molecule has 59 heavy (non-hydrogen) atoms. The molecule has 5 heterocycles. The van der Waals surface area contributed by atoms with Gasteiger partial charge in [-0.15, -0.1) is 10.2 Å². The van der Waals surface area contributed by atoms with E-state index < -0.39 is 23.8 Å². The number of nitrogens with zero attached hydrogens (tertiary/aromatic N) is 7. The number of imide groups is 1. The lowest BCUT2D eigenvalue weighted by Gasteiger charge is -2.38. The molecule has 17 nitrogen and oxygen atoms in total. The highest BCUT2D eigenvalue weighted by Gasteiger charge is 2.34. The molecule has 3 aromatic rings. The van der Waals surface area contributed by atoms with Gasteiger partial charge in [-0.05, 0) is 106 Å². The summed E-state index contributed by atoms with van der Waals surface area (Å²) < 4.78 is 0. The first-order valence-electron chi connectivity index (χ1n) is 20.6. The van der Waals surface area contributed by atoms with E-state index in [9.17, 15) is 28.8 Å². The van der Waals surface area contributed by atoms with Crippen LogP contribution >= 0.6 is 0 Å². The molecule has 17 heteroatoms. The normalized spacial score (nSPS) is 20.8. The average molecular weight is 808 g/mol. The number of benzene rings is 2. The van der Waals surface area contributed by atoms with Crippen LogP contribution in [0, 0.1) is 5.92 Å². The maximum atomic E-state index is 13.3. The zero-order chi connectivity index (χ0) is 41.6. The highest BCUT2D eigenvalue weighted by molar-refractivity contribution is 6.06. The summed E-state index contributed by atoms with van der Waals surface area (Å²) in [5, 5.41) is 16.8. The monoisotopic (exact) mass is 807 g/mol. The van der Waals surface area contributed by atoms with Crippen LogP contribution in [0.15, 0.2) is 42.5 Å². The van der Waals surface area contributed by atoms with Crippen LogP contribution in [-0.2, 0) is 14.4 Å². The second-order valence-electron chi connectivity index (χ2n) is 16.2. The van der Waals surface area contributed by atoms with Crippen molar-refractivity contribution in [2.75, 3.05) is 68.0 Å². The van der Waals surface area contributed by atoms with Crippen LogP contribution in [0.1, 0.15) is 101 Å². The van der Waals surface area contributed by atoms with E-state index >= 15 is 0 Å². The standard InChI is InChI=1S/C42H53N11O6/c1-26(55)44-32-4-3-17-53(24-32)42-47-39(37(38(43)57)48-49-42)45-31-7-5-28(6-8-31)29-15-18-51(19-16-29)23-27-13-20-52(21-14-27)33-9-10-34(30(22-33)25-54)41(59)50(2)35-11-12-36(56)46-40(35)58/h5-10,22,25,27,29,32,35H,3-4,11-21,23-24H2,1-2H3,(H2,43,57)(H,44,55)(H,45,47,49)(H,46,56,58)/t32-,35?/m1/s1. The number of hydrogen-bond donors (Lipinski definition) is 4. The first kappa shape index (κ1) is 41.2. The lowest BCUT2D eigenvalue weighted by molar-refractivity contribution is -0.136. The molecule has 4 fully saturated rings. The summed E-state index contributed by atoms with van der Waals surface area (Å²) in [6.07, 6.45) is 7.00. The number of likely N-dealkylation sites (tertiary alicyclic amines) is 1. The number of nitrogens with one attached hydrogen (secondary N) is 3. The quantitative estimate of drug-likeness (QED) is 0.153. The number of aromatic nitrogens is 3. The second kappa shape index (κ2) is 18.3. The maximum Gasteiger partial charge on any atom is 0.273 e. The Kier molecular flexibility index (Phi) is 12.8. The summed E-state index contributed by atoms with van der Waals surface area (Å²) in [5.74, 6) is -0.472. The predicted octanol–water partition coefficient (Wildman–Crippen LogP) is 2.60. The number of carbonyl (C=O) groups is 6. The Morgan fingerprint density at radius 3 is 2.36 bits per heavy atom. The van der Waals surface area contributed by atoms with E-state index in [1.165, 1.54) is 24.4 Å². The number of piperidine rings is 4. The average Bonchev–Trinajstić information content (AvgIpc) is 3.23.